The second kappa shape index (κ2) is 11.7. The van der Waals surface area contributed by atoms with E-state index < -0.39 is 39.6 Å². The smallest absolute Gasteiger partial charge is 0.269 e. The van der Waals surface area contributed by atoms with E-state index in [1.54, 1.807) is 19.1 Å². The monoisotopic (exact) mass is 524 g/mol. The number of hydrogen-bond donors (Lipinski definition) is 3. The molecule has 0 aromatic heterocycles. The fourth-order valence-electron chi connectivity index (χ4n) is 3.03. The van der Waals surface area contributed by atoms with Crippen molar-refractivity contribution in [1.29, 1.82) is 0 Å². The van der Waals surface area contributed by atoms with Crippen LogP contribution in [0.3, 0.4) is 0 Å². The summed E-state index contributed by atoms with van der Waals surface area (Å²) in [4.78, 5) is 47.3. The molecule has 1 rings (SSSR count). The molecule has 2 amide bonds. The van der Waals surface area contributed by atoms with E-state index in [9.17, 15) is 14.7 Å². The molecule has 0 radical (unpaired) electrons. The molecule has 0 saturated heterocycles. The first kappa shape index (κ1) is 32.8. The minimum atomic E-state index is -1.37. The lowest BCUT2D eigenvalue weighted by Gasteiger charge is -2.32. The molecular weight excluding hydrogens is 476 g/mol. The number of carbonyl (C=O) groups excluding carboxylic acids is 2. The van der Waals surface area contributed by atoms with Crippen LogP contribution in [0.15, 0.2) is 12.1 Å². The number of hydrazine groups is 1. The fraction of sp³-hybridized carbons (Fsp3) is 0.714. The Morgan fingerprint density at radius 2 is 1.11 bits per heavy atom. The predicted molar refractivity (Wildman–Crippen MR) is 143 cm³/mol. The highest BCUT2D eigenvalue weighted by Gasteiger charge is 2.34. The molecular formula is C28H48N2O7. The first-order valence-electron chi connectivity index (χ1n) is 12.6. The van der Waals surface area contributed by atoms with Gasteiger partial charge in [-0.05, 0) is 71.4 Å². The van der Waals surface area contributed by atoms with Crippen molar-refractivity contribution in [3.05, 3.63) is 28.8 Å². The number of amides is 2. The third-order valence-corrected chi connectivity index (χ3v) is 5.05. The van der Waals surface area contributed by atoms with Crippen LogP contribution in [-0.4, -0.2) is 33.9 Å². The number of phenolic OH excluding ortho intramolecular Hbond substituents is 1. The zero-order valence-electron chi connectivity index (χ0n) is 25.0. The molecule has 0 aliphatic heterocycles. The van der Waals surface area contributed by atoms with Gasteiger partial charge in [0.2, 0.25) is 11.7 Å². The Labute approximate surface area is 222 Å². The first-order chi connectivity index (χ1) is 16.4. The second-order valence-corrected chi connectivity index (χ2v) is 13.6. The highest BCUT2D eigenvalue weighted by Crippen LogP contribution is 2.39. The maximum Gasteiger partial charge on any atom is 0.269 e. The maximum atomic E-state index is 12.9. The van der Waals surface area contributed by atoms with E-state index in [1.807, 2.05) is 83.1 Å². The summed E-state index contributed by atoms with van der Waals surface area (Å²) in [6.45, 7) is 24.3. The van der Waals surface area contributed by atoms with Crippen LogP contribution in [0.25, 0.3) is 0 Å². The molecule has 1 aromatic carbocycles. The van der Waals surface area contributed by atoms with Gasteiger partial charge in [0.25, 0.3) is 5.91 Å². The second-order valence-electron chi connectivity index (χ2n) is 13.6. The van der Waals surface area contributed by atoms with Crippen LogP contribution in [-0.2, 0) is 35.2 Å². The van der Waals surface area contributed by atoms with Crippen molar-refractivity contribution in [2.24, 2.45) is 0 Å². The summed E-state index contributed by atoms with van der Waals surface area (Å²) in [5, 5.41) is 10.9. The van der Waals surface area contributed by atoms with Crippen LogP contribution in [0.2, 0.25) is 0 Å². The molecule has 1 aromatic rings. The lowest BCUT2D eigenvalue weighted by Crippen LogP contribution is -2.44. The van der Waals surface area contributed by atoms with Crippen molar-refractivity contribution in [3.8, 4) is 5.75 Å². The zero-order chi connectivity index (χ0) is 29.0. The van der Waals surface area contributed by atoms with Gasteiger partial charge in [-0.15, -0.1) is 0 Å². The maximum absolute atomic E-state index is 12.9. The quantitative estimate of drug-likeness (QED) is 0.226. The van der Waals surface area contributed by atoms with Crippen LogP contribution < -0.4 is 10.9 Å². The van der Waals surface area contributed by atoms with Crippen molar-refractivity contribution >= 4 is 11.8 Å². The van der Waals surface area contributed by atoms with Crippen molar-refractivity contribution < 1.29 is 34.2 Å². The Morgan fingerprint density at radius 3 is 1.46 bits per heavy atom. The SMILES string of the molecule is CC(C)(C)OOC(C)(CCC(=O)NNC(=O)c1cc(C(C)(C)C)c(O)c(C(C)(C)C)c1)OOC(C)(C)C. The average molecular weight is 525 g/mol. The molecule has 37 heavy (non-hydrogen) atoms. The van der Waals surface area contributed by atoms with Crippen molar-refractivity contribution in [1.82, 2.24) is 10.9 Å². The van der Waals surface area contributed by atoms with Crippen LogP contribution in [0, 0.1) is 0 Å². The molecule has 0 heterocycles. The lowest BCUT2D eigenvalue weighted by atomic mass is 9.78. The molecule has 212 valence electrons. The Bertz CT molecular complexity index is 892. The van der Waals surface area contributed by atoms with E-state index in [2.05, 4.69) is 10.9 Å². The topological polar surface area (TPSA) is 115 Å². The van der Waals surface area contributed by atoms with Crippen LogP contribution >= 0.6 is 0 Å². The lowest BCUT2D eigenvalue weighted by molar-refractivity contribution is -0.537. The third-order valence-electron chi connectivity index (χ3n) is 5.05. The summed E-state index contributed by atoms with van der Waals surface area (Å²) in [5.74, 6) is -2.15. The molecule has 9 nitrogen and oxygen atoms in total. The van der Waals surface area contributed by atoms with E-state index in [1.165, 1.54) is 0 Å². The van der Waals surface area contributed by atoms with Crippen molar-refractivity contribution in [2.75, 3.05) is 0 Å². The Morgan fingerprint density at radius 1 is 0.703 bits per heavy atom. The van der Waals surface area contributed by atoms with E-state index >= 15 is 0 Å². The average Bonchev–Trinajstić information content (AvgIpc) is 2.71. The number of nitrogens with one attached hydrogen (secondary N) is 2. The summed E-state index contributed by atoms with van der Waals surface area (Å²) in [6, 6.07) is 3.30. The van der Waals surface area contributed by atoms with E-state index in [0.717, 1.165) is 0 Å². The Kier molecular flexibility index (Phi) is 10.4. The third kappa shape index (κ3) is 11.4. The first-order valence-corrected chi connectivity index (χ1v) is 12.6. The summed E-state index contributed by atoms with van der Waals surface area (Å²) in [6.07, 6.45) is 0.0380. The minimum absolute atomic E-state index is 0.0478. The van der Waals surface area contributed by atoms with Crippen LogP contribution in [0.4, 0.5) is 0 Å². The van der Waals surface area contributed by atoms with Gasteiger partial charge in [0.05, 0.1) is 11.2 Å². The van der Waals surface area contributed by atoms with Crippen LogP contribution in [0.5, 0.6) is 5.75 Å². The molecule has 0 aliphatic rings. The van der Waals surface area contributed by atoms with Crippen LogP contribution in [0.1, 0.15) is 124 Å². The normalized spacial score (nSPS) is 13.4. The summed E-state index contributed by atoms with van der Waals surface area (Å²) >= 11 is 0. The van der Waals surface area contributed by atoms with Gasteiger partial charge >= 0.3 is 0 Å². The number of carbonyl (C=O) groups is 2. The van der Waals surface area contributed by atoms with Gasteiger partial charge in [0.1, 0.15) is 5.75 Å². The Hall–Kier alpha value is -2.20. The molecule has 0 atom stereocenters. The number of aromatic hydroxyl groups is 1. The Balaban J connectivity index is 2.95. The van der Waals surface area contributed by atoms with Gasteiger partial charge in [-0.2, -0.15) is 9.78 Å². The standard InChI is InChI=1S/C28H48N2O7/c1-24(2,3)19-16-18(17-20(22(19)32)25(4,5)6)23(33)30-29-21(31)14-15-28(13,36-34-26(7,8)9)37-35-27(10,11)12/h16-17,32H,14-15H2,1-13H3,(H,29,31)(H,30,33). The fourth-order valence-corrected chi connectivity index (χ4v) is 3.03. The number of phenols is 1. The zero-order valence-corrected chi connectivity index (χ0v) is 25.0. The summed E-state index contributed by atoms with van der Waals surface area (Å²) in [7, 11) is 0. The molecule has 0 saturated carbocycles. The molecule has 3 N–H and O–H groups in total. The van der Waals surface area contributed by atoms with E-state index in [-0.39, 0.29) is 18.6 Å². The predicted octanol–water partition coefficient (Wildman–Crippen LogP) is 5.74. The molecule has 9 heteroatoms. The molecule has 0 unspecified atom stereocenters. The van der Waals surface area contributed by atoms with E-state index in [4.69, 9.17) is 19.6 Å². The molecule has 0 spiro atoms. The van der Waals surface area contributed by atoms with Gasteiger partial charge in [0.15, 0.2) is 0 Å². The highest BCUT2D eigenvalue weighted by atomic mass is 17.3. The van der Waals surface area contributed by atoms with E-state index in [0.29, 0.717) is 16.7 Å². The number of benzene rings is 1. The molecule has 0 bridgehead atoms. The van der Waals surface area contributed by atoms with Crippen molar-refractivity contribution in [2.45, 2.75) is 131 Å². The summed E-state index contributed by atoms with van der Waals surface area (Å²) < 4.78 is 0. The minimum Gasteiger partial charge on any atom is -0.507 e. The number of hydrogen-bond acceptors (Lipinski definition) is 7. The molecule has 0 fully saturated rings. The molecule has 0 aliphatic carbocycles. The van der Waals surface area contributed by atoms with Gasteiger partial charge in [-0.25, -0.2) is 9.78 Å². The number of rotatable bonds is 8. The van der Waals surface area contributed by atoms with Gasteiger partial charge in [0, 0.05) is 29.5 Å². The van der Waals surface area contributed by atoms with Gasteiger partial charge in [-0.3, -0.25) is 20.4 Å². The van der Waals surface area contributed by atoms with Gasteiger partial charge < -0.3 is 5.11 Å². The largest absolute Gasteiger partial charge is 0.507 e. The van der Waals surface area contributed by atoms with Gasteiger partial charge in [-0.1, -0.05) is 41.5 Å². The summed E-state index contributed by atoms with van der Waals surface area (Å²) in [5.41, 5.74) is 4.54. The van der Waals surface area contributed by atoms with Crippen molar-refractivity contribution in [3.63, 3.8) is 0 Å². The highest BCUT2D eigenvalue weighted by molar-refractivity contribution is 5.96.